The fraction of sp³-hybridized carbons (Fsp3) is 0.250. The molecule has 0 aromatic carbocycles. The van der Waals surface area contributed by atoms with E-state index in [2.05, 4.69) is 27.4 Å². The molecule has 0 radical (unpaired) electrons. The number of nitrogen functional groups attached to an aromatic ring is 1. The number of nitrogens with zero attached hydrogens (tertiary/aromatic N) is 1. The summed E-state index contributed by atoms with van der Waals surface area (Å²) in [4.78, 5) is 2.62. The van der Waals surface area contributed by atoms with E-state index in [-0.39, 0.29) is 13.2 Å². The average molecular weight is 176 g/mol. The highest BCUT2D eigenvalue weighted by Crippen LogP contribution is 1.91. The van der Waals surface area contributed by atoms with Gasteiger partial charge in [0, 0.05) is 0 Å². The predicted octanol–water partition coefficient (Wildman–Crippen LogP) is 1.42. The highest BCUT2D eigenvalue weighted by atomic mass is 32.1. The first kappa shape index (κ1) is 9.25. The molecule has 10 heavy (non-hydrogen) atoms. The number of hydrogen-bond acceptors (Lipinski definition) is 4. The number of nitrogens with one attached hydrogen (secondary N) is 2. The molecule has 1 rings (SSSR count). The molecule has 0 unspecified atom stereocenters. The van der Waals surface area contributed by atoms with Gasteiger partial charge in [-0.2, -0.15) is 5.10 Å². The second-order valence-electron chi connectivity index (χ2n) is 1.39. The van der Waals surface area contributed by atoms with Gasteiger partial charge in [0.2, 0.25) is 0 Å². The number of aromatic nitrogens is 3. The average Bonchev–Trinajstić information content (AvgIpc) is 1.80. The molecule has 1 aromatic rings. The van der Waals surface area contributed by atoms with Gasteiger partial charge >= 0.3 is 0 Å². The largest absolute Gasteiger partial charge is 0.380 e. The summed E-state index contributed by atoms with van der Waals surface area (Å²) in [7, 11) is 0. The van der Waals surface area contributed by atoms with E-state index >= 15 is 0 Å². The second kappa shape index (κ2) is 3.43. The van der Waals surface area contributed by atoms with Gasteiger partial charge in [-0.05, 0) is 12.2 Å². The summed E-state index contributed by atoms with van der Waals surface area (Å²) in [6.45, 7) is 0. The van der Waals surface area contributed by atoms with E-state index in [0.29, 0.717) is 9.41 Å². The maximum Gasteiger partial charge on any atom is 0.192 e. The molecular formula is C4H8N4S2. The minimum Gasteiger partial charge on any atom is -0.380 e. The van der Waals surface area contributed by atoms with Gasteiger partial charge in [-0.15, -0.1) is 0 Å². The van der Waals surface area contributed by atoms with Crippen LogP contribution in [-0.4, -0.2) is 15.2 Å². The maximum atomic E-state index is 5.26. The van der Waals surface area contributed by atoms with Crippen molar-refractivity contribution in [3.8, 4) is 0 Å². The highest BCUT2D eigenvalue weighted by Gasteiger charge is 1.85. The van der Waals surface area contributed by atoms with Crippen LogP contribution < -0.4 is 5.73 Å². The van der Waals surface area contributed by atoms with E-state index < -0.39 is 0 Å². The lowest BCUT2D eigenvalue weighted by Crippen LogP contribution is -1.95. The van der Waals surface area contributed by atoms with Crippen LogP contribution in [0.3, 0.4) is 0 Å². The third kappa shape index (κ3) is 1.89. The predicted molar refractivity (Wildman–Crippen MR) is 45.7 cm³/mol. The van der Waals surface area contributed by atoms with Gasteiger partial charge in [-0.25, -0.2) is 0 Å². The standard InChI is InChI=1S/C3H4N4S2.CH4/c4-1-2(8)5-3(9)7-6-1;/h(H2,4,6)(H2,5,7,8,9);1H4. The second-order valence-corrected chi connectivity index (χ2v) is 2.21. The minimum atomic E-state index is 0. The zero-order chi connectivity index (χ0) is 6.85. The van der Waals surface area contributed by atoms with Crippen LogP contribution in [0.15, 0.2) is 0 Å². The molecular weight excluding hydrogens is 168 g/mol. The Balaban J connectivity index is 0.000000810. The molecule has 56 valence electrons. The summed E-state index contributed by atoms with van der Waals surface area (Å²) in [5.74, 6) is 0.263. The van der Waals surface area contributed by atoms with E-state index in [9.17, 15) is 0 Å². The molecule has 0 spiro atoms. The molecule has 1 heterocycles. The Hall–Kier alpha value is -0.750. The first-order valence-corrected chi connectivity index (χ1v) is 2.96. The Kier molecular flexibility index (Phi) is 3.17. The van der Waals surface area contributed by atoms with Crippen molar-refractivity contribution < 1.29 is 0 Å². The summed E-state index contributed by atoms with van der Waals surface area (Å²) < 4.78 is 0.757. The SMILES string of the molecule is C.Nc1n[nH]c(=S)[nH]c1=S. The van der Waals surface area contributed by atoms with Crippen LogP contribution in [0, 0.1) is 9.41 Å². The molecule has 4 N–H and O–H groups in total. The van der Waals surface area contributed by atoms with Crippen molar-refractivity contribution in [2.45, 2.75) is 7.43 Å². The van der Waals surface area contributed by atoms with Crippen molar-refractivity contribution in [3.05, 3.63) is 9.41 Å². The third-order valence-corrected chi connectivity index (χ3v) is 1.24. The smallest absolute Gasteiger partial charge is 0.192 e. The van der Waals surface area contributed by atoms with Crippen molar-refractivity contribution >= 4 is 30.3 Å². The van der Waals surface area contributed by atoms with Gasteiger partial charge < -0.3 is 10.7 Å². The zero-order valence-electron chi connectivity index (χ0n) is 4.34. The number of H-pyrrole nitrogens is 2. The fourth-order valence-corrected chi connectivity index (χ4v) is 0.717. The molecule has 0 aliphatic rings. The first-order chi connectivity index (χ1) is 4.20. The van der Waals surface area contributed by atoms with Crippen LogP contribution >= 0.6 is 24.4 Å². The lowest BCUT2D eigenvalue weighted by molar-refractivity contribution is 0.951. The van der Waals surface area contributed by atoms with Gasteiger partial charge in [-0.1, -0.05) is 19.6 Å². The van der Waals surface area contributed by atoms with Crippen molar-refractivity contribution in [3.63, 3.8) is 0 Å². The Morgan fingerprint density at radius 3 is 2.40 bits per heavy atom. The summed E-state index contributed by atoms with van der Waals surface area (Å²) in [6.07, 6.45) is 0. The minimum absolute atomic E-state index is 0. The quantitative estimate of drug-likeness (QED) is 0.523. The van der Waals surface area contributed by atoms with E-state index in [0.717, 1.165) is 0 Å². The lowest BCUT2D eigenvalue weighted by atomic mass is 10.8. The van der Waals surface area contributed by atoms with Gasteiger partial charge in [0.25, 0.3) is 0 Å². The molecule has 0 atom stereocenters. The number of aromatic amines is 2. The Morgan fingerprint density at radius 1 is 1.40 bits per heavy atom. The molecule has 0 aliphatic heterocycles. The van der Waals surface area contributed by atoms with Crippen LogP contribution in [0.2, 0.25) is 0 Å². The molecule has 0 saturated carbocycles. The molecule has 0 saturated heterocycles. The summed E-state index contributed by atoms with van der Waals surface area (Å²) in [5, 5.41) is 6.05. The van der Waals surface area contributed by atoms with Gasteiger partial charge in [0.05, 0.1) is 0 Å². The Morgan fingerprint density at radius 2 is 2.00 bits per heavy atom. The van der Waals surface area contributed by atoms with Gasteiger partial charge in [-0.3, -0.25) is 5.10 Å². The Bertz CT molecular complexity index is 312. The van der Waals surface area contributed by atoms with Crippen molar-refractivity contribution in [2.24, 2.45) is 0 Å². The van der Waals surface area contributed by atoms with E-state index in [1.807, 2.05) is 0 Å². The number of hydrogen-bond donors (Lipinski definition) is 3. The van der Waals surface area contributed by atoms with E-state index in [4.69, 9.17) is 18.0 Å². The lowest BCUT2D eigenvalue weighted by Gasteiger charge is -1.88. The topological polar surface area (TPSA) is 70.5 Å². The molecule has 0 fully saturated rings. The monoisotopic (exact) mass is 176 g/mol. The van der Waals surface area contributed by atoms with Crippen molar-refractivity contribution in [1.82, 2.24) is 15.2 Å². The van der Waals surface area contributed by atoms with Gasteiger partial charge in [0.1, 0.15) is 4.64 Å². The van der Waals surface area contributed by atoms with Gasteiger partial charge in [0.15, 0.2) is 10.6 Å². The van der Waals surface area contributed by atoms with Crippen LogP contribution in [-0.2, 0) is 0 Å². The Labute approximate surface area is 68.5 Å². The maximum absolute atomic E-state index is 5.26. The number of rotatable bonds is 0. The van der Waals surface area contributed by atoms with Crippen LogP contribution in [0.1, 0.15) is 7.43 Å². The van der Waals surface area contributed by atoms with Crippen LogP contribution in [0.5, 0.6) is 0 Å². The molecule has 1 aromatic heterocycles. The van der Waals surface area contributed by atoms with Crippen molar-refractivity contribution in [2.75, 3.05) is 5.73 Å². The van der Waals surface area contributed by atoms with Crippen molar-refractivity contribution in [1.29, 1.82) is 0 Å². The summed E-state index contributed by atoms with van der Waals surface area (Å²) in [5.41, 5.74) is 5.26. The summed E-state index contributed by atoms with van der Waals surface area (Å²) in [6, 6.07) is 0. The summed E-state index contributed by atoms with van der Waals surface area (Å²) >= 11 is 9.37. The number of anilines is 1. The molecule has 0 bridgehead atoms. The molecule has 0 amide bonds. The molecule has 0 aliphatic carbocycles. The van der Waals surface area contributed by atoms with Crippen LogP contribution in [0.25, 0.3) is 0 Å². The molecule has 6 heteroatoms. The molecule has 4 nitrogen and oxygen atoms in total. The normalized spacial score (nSPS) is 8.40. The zero-order valence-corrected chi connectivity index (χ0v) is 5.97. The highest BCUT2D eigenvalue weighted by molar-refractivity contribution is 7.72. The van der Waals surface area contributed by atoms with E-state index in [1.165, 1.54) is 0 Å². The number of nitrogens with two attached hydrogens (primary N) is 1. The first-order valence-electron chi connectivity index (χ1n) is 2.14. The fourth-order valence-electron chi connectivity index (χ4n) is 0.357. The van der Waals surface area contributed by atoms with Crippen LogP contribution in [0.4, 0.5) is 5.82 Å². The third-order valence-electron chi connectivity index (χ3n) is 0.738. The van der Waals surface area contributed by atoms with E-state index in [1.54, 1.807) is 0 Å².